The lowest BCUT2D eigenvalue weighted by Crippen LogP contribution is -2.30. The minimum Gasteiger partial charge on any atom is -0.378 e. The first-order valence-electron chi connectivity index (χ1n) is 9.97. The molecule has 0 spiro atoms. The molecule has 0 aliphatic rings. The van der Waals surface area contributed by atoms with Gasteiger partial charge >= 0.3 is 0 Å². The molecular weight excluding hydrogens is 396 g/mol. The van der Waals surface area contributed by atoms with Gasteiger partial charge < -0.3 is 15.5 Å². The van der Waals surface area contributed by atoms with E-state index in [1.54, 1.807) is 12.3 Å². The molecule has 0 bridgehead atoms. The highest BCUT2D eigenvalue weighted by atomic mass is 35.5. The molecule has 2 N–H and O–H groups in total. The number of rotatable bonds is 9. The molecule has 0 radical (unpaired) electrons. The first-order chi connectivity index (χ1) is 14.5. The van der Waals surface area contributed by atoms with Gasteiger partial charge in [0.2, 0.25) is 5.91 Å². The van der Waals surface area contributed by atoms with E-state index in [0.717, 1.165) is 29.6 Å². The van der Waals surface area contributed by atoms with Crippen molar-refractivity contribution in [2.45, 2.75) is 12.5 Å². The number of benzene rings is 2. The number of likely N-dealkylation sites (N-methyl/N-ethyl adjacent to an activating group) is 1. The van der Waals surface area contributed by atoms with E-state index in [2.05, 4.69) is 27.8 Å². The van der Waals surface area contributed by atoms with Gasteiger partial charge in [-0.15, -0.1) is 0 Å². The number of anilines is 1. The highest BCUT2D eigenvalue weighted by Gasteiger charge is 2.10. The summed E-state index contributed by atoms with van der Waals surface area (Å²) in [7, 11) is 3.96. The molecule has 2 aromatic carbocycles. The molecule has 1 atom stereocenters. The Hall–Kier alpha value is -2.89. The number of halogens is 1. The molecule has 1 aromatic heterocycles. The van der Waals surface area contributed by atoms with E-state index in [0.29, 0.717) is 11.6 Å². The SMILES string of the molecule is CN(C)CCNC(=O)/C=C/C(Cc1ccccc1)Nc1ccnc2cc(Cl)ccc12. The summed E-state index contributed by atoms with van der Waals surface area (Å²) in [5, 5.41) is 8.12. The summed E-state index contributed by atoms with van der Waals surface area (Å²) < 4.78 is 0. The Morgan fingerprint density at radius 1 is 1.17 bits per heavy atom. The average Bonchev–Trinajstić information content (AvgIpc) is 2.72. The lowest BCUT2D eigenvalue weighted by molar-refractivity contribution is -0.116. The van der Waals surface area contributed by atoms with Crippen LogP contribution in [0, 0.1) is 0 Å². The van der Waals surface area contributed by atoms with Crippen LogP contribution in [0.25, 0.3) is 10.9 Å². The molecular formula is C24H27ClN4O. The zero-order valence-corrected chi connectivity index (χ0v) is 18.1. The van der Waals surface area contributed by atoms with Gasteiger partial charge in [-0.05, 0) is 50.3 Å². The molecule has 1 unspecified atom stereocenters. The Kier molecular flexibility index (Phi) is 7.82. The minimum absolute atomic E-state index is 0.0618. The van der Waals surface area contributed by atoms with Crippen LogP contribution < -0.4 is 10.6 Å². The van der Waals surface area contributed by atoms with Crippen LogP contribution in [0.1, 0.15) is 5.56 Å². The lowest BCUT2D eigenvalue weighted by atomic mass is 10.0. The number of fused-ring (bicyclic) bond motifs is 1. The Balaban J connectivity index is 1.78. The molecule has 5 nitrogen and oxygen atoms in total. The number of carbonyl (C=O) groups is 1. The van der Waals surface area contributed by atoms with Crippen molar-refractivity contribution in [3.8, 4) is 0 Å². The van der Waals surface area contributed by atoms with Crippen LogP contribution in [-0.4, -0.2) is 49.0 Å². The molecule has 0 aliphatic carbocycles. The lowest BCUT2D eigenvalue weighted by Gasteiger charge is -2.18. The number of nitrogens with one attached hydrogen (secondary N) is 2. The third kappa shape index (κ3) is 6.58. The second-order valence-electron chi connectivity index (χ2n) is 7.41. The van der Waals surface area contributed by atoms with Crippen LogP contribution in [0.2, 0.25) is 5.02 Å². The molecule has 6 heteroatoms. The number of pyridine rings is 1. The molecule has 0 fully saturated rings. The molecule has 0 saturated carbocycles. The van der Waals surface area contributed by atoms with Crippen molar-refractivity contribution in [2.75, 3.05) is 32.5 Å². The van der Waals surface area contributed by atoms with Crippen molar-refractivity contribution in [3.05, 3.63) is 83.5 Å². The number of amides is 1. The minimum atomic E-state index is -0.0944. The standard InChI is InChI=1S/C24H27ClN4O/c1-29(2)15-14-27-24(30)11-9-20(16-18-6-4-3-5-7-18)28-22-12-13-26-23-17-19(25)8-10-21(22)23/h3-13,17,20H,14-16H2,1-2H3,(H,26,28)(H,27,30)/b11-9+. The summed E-state index contributed by atoms with van der Waals surface area (Å²) in [6.07, 6.45) is 6.04. The number of aromatic nitrogens is 1. The zero-order valence-electron chi connectivity index (χ0n) is 17.3. The summed E-state index contributed by atoms with van der Waals surface area (Å²) >= 11 is 6.11. The summed E-state index contributed by atoms with van der Waals surface area (Å²) in [6, 6.07) is 17.8. The maximum Gasteiger partial charge on any atom is 0.243 e. The van der Waals surface area contributed by atoms with E-state index in [1.807, 2.05) is 67.5 Å². The van der Waals surface area contributed by atoms with Crippen LogP contribution >= 0.6 is 11.6 Å². The fourth-order valence-electron chi connectivity index (χ4n) is 3.15. The van der Waals surface area contributed by atoms with Gasteiger partial charge in [-0.2, -0.15) is 0 Å². The fourth-order valence-corrected chi connectivity index (χ4v) is 3.31. The van der Waals surface area contributed by atoms with Gasteiger partial charge in [0.05, 0.1) is 5.52 Å². The second-order valence-corrected chi connectivity index (χ2v) is 7.85. The Morgan fingerprint density at radius 3 is 2.73 bits per heavy atom. The van der Waals surface area contributed by atoms with Gasteiger partial charge in [-0.1, -0.05) is 48.0 Å². The van der Waals surface area contributed by atoms with Crippen LogP contribution in [0.5, 0.6) is 0 Å². The van der Waals surface area contributed by atoms with Crippen LogP contribution in [0.3, 0.4) is 0 Å². The molecule has 1 amide bonds. The third-order valence-corrected chi connectivity index (χ3v) is 4.92. The Morgan fingerprint density at radius 2 is 1.97 bits per heavy atom. The molecule has 1 heterocycles. The van der Waals surface area contributed by atoms with E-state index >= 15 is 0 Å². The second kappa shape index (κ2) is 10.8. The van der Waals surface area contributed by atoms with E-state index in [4.69, 9.17) is 11.6 Å². The molecule has 3 rings (SSSR count). The predicted molar refractivity (Wildman–Crippen MR) is 125 cm³/mol. The first-order valence-corrected chi connectivity index (χ1v) is 10.3. The molecule has 0 aliphatic heterocycles. The van der Waals surface area contributed by atoms with Gasteiger partial charge in [0.25, 0.3) is 0 Å². The number of carbonyl (C=O) groups excluding carboxylic acids is 1. The number of hydrogen-bond donors (Lipinski definition) is 2. The van der Waals surface area contributed by atoms with Crippen LogP contribution in [-0.2, 0) is 11.2 Å². The molecule has 0 saturated heterocycles. The number of nitrogens with zero attached hydrogens (tertiary/aromatic N) is 2. The van der Waals surface area contributed by atoms with Gasteiger partial charge in [0, 0.05) is 47.5 Å². The van der Waals surface area contributed by atoms with Crippen molar-refractivity contribution in [3.63, 3.8) is 0 Å². The summed E-state index contributed by atoms with van der Waals surface area (Å²) in [4.78, 5) is 18.7. The van der Waals surface area contributed by atoms with Gasteiger partial charge in [-0.3, -0.25) is 9.78 Å². The zero-order chi connectivity index (χ0) is 21.3. The summed E-state index contributed by atoms with van der Waals surface area (Å²) in [6.45, 7) is 1.42. The average molecular weight is 423 g/mol. The molecule has 30 heavy (non-hydrogen) atoms. The maximum absolute atomic E-state index is 12.2. The summed E-state index contributed by atoms with van der Waals surface area (Å²) in [5.74, 6) is -0.0944. The van der Waals surface area contributed by atoms with E-state index in [9.17, 15) is 4.79 Å². The van der Waals surface area contributed by atoms with Crippen LogP contribution in [0.15, 0.2) is 72.9 Å². The summed E-state index contributed by atoms with van der Waals surface area (Å²) in [5.41, 5.74) is 2.97. The normalized spacial score (nSPS) is 12.4. The monoisotopic (exact) mass is 422 g/mol. The van der Waals surface area contributed by atoms with Gasteiger partial charge in [0.1, 0.15) is 0 Å². The van der Waals surface area contributed by atoms with E-state index < -0.39 is 0 Å². The van der Waals surface area contributed by atoms with Crippen molar-refractivity contribution >= 4 is 34.1 Å². The smallest absolute Gasteiger partial charge is 0.243 e. The molecule has 3 aromatic rings. The van der Waals surface area contributed by atoms with Crippen molar-refractivity contribution in [1.82, 2.24) is 15.2 Å². The highest BCUT2D eigenvalue weighted by Crippen LogP contribution is 2.25. The predicted octanol–water partition coefficient (Wildman–Crippen LogP) is 4.15. The maximum atomic E-state index is 12.2. The quantitative estimate of drug-likeness (QED) is 0.509. The van der Waals surface area contributed by atoms with Gasteiger partial charge in [0.15, 0.2) is 0 Å². The van der Waals surface area contributed by atoms with Crippen molar-refractivity contribution < 1.29 is 4.79 Å². The van der Waals surface area contributed by atoms with E-state index in [1.165, 1.54) is 5.56 Å². The van der Waals surface area contributed by atoms with Crippen molar-refractivity contribution in [1.29, 1.82) is 0 Å². The first kappa shape index (κ1) is 21.8. The third-order valence-electron chi connectivity index (χ3n) is 4.68. The van der Waals surface area contributed by atoms with Gasteiger partial charge in [-0.25, -0.2) is 0 Å². The van der Waals surface area contributed by atoms with E-state index in [-0.39, 0.29) is 11.9 Å². The molecule has 156 valence electrons. The topological polar surface area (TPSA) is 57.3 Å². The Labute approximate surface area is 182 Å². The fraction of sp³-hybridized carbons (Fsp3) is 0.250. The largest absolute Gasteiger partial charge is 0.378 e. The van der Waals surface area contributed by atoms with Crippen molar-refractivity contribution in [2.24, 2.45) is 0 Å². The van der Waals surface area contributed by atoms with Crippen LogP contribution in [0.4, 0.5) is 5.69 Å². The Bertz CT molecular complexity index is 1000. The highest BCUT2D eigenvalue weighted by molar-refractivity contribution is 6.31. The number of hydrogen-bond acceptors (Lipinski definition) is 4.